The molecule has 1 heteroatoms. The minimum Gasteiger partial charge on any atom is -0.265 e. The summed E-state index contributed by atoms with van der Waals surface area (Å²) < 4.78 is 0. The molecule has 0 spiro atoms. The van der Waals surface area contributed by atoms with Crippen molar-refractivity contribution in [2.75, 3.05) is 0 Å². The van der Waals surface area contributed by atoms with Gasteiger partial charge >= 0.3 is 0 Å². The molecule has 0 bridgehead atoms. The molecular formula is C16H21N. The maximum Gasteiger partial charge on any atom is 0.0346 e. The lowest BCUT2D eigenvalue weighted by atomic mass is 9.93. The summed E-state index contributed by atoms with van der Waals surface area (Å²) in [4.78, 5) is 4.09. The van der Waals surface area contributed by atoms with Crippen molar-refractivity contribution in [1.82, 2.24) is 0 Å². The van der Waals surface area contributed by atoms with Crippen LogP contribution in [-0.4, -0.2) is 6.21 Å². The quantitative estimate of drug-likeness (QED) is 0.619. The summed E-state index contributed by atoms with van der Waals surface area (Å²) in [5, 5.41) is 0. The second-order valence-electron chi connectivity index (χ2n) is 4.24. The number of rotatable bonds is 6. The molecule has 0 fully saturated rings. The molecule has 0 saturated heterocycles. The van der Waals surface area contributed by atoms with Crippen molar-refractivity contribution in [3.63, 3.8) is 0 Å². The van der Waals surface area contributed by atoms with Crippen molar-refractivity contribution in [2.24, 2.45) is 4.99 Å². The lowest BCUT2D eigenvalue weighted by Gasteiger charge is -2.12. The maximum atomic E-state index is 4.09. The zero-order valence-corrected chi connectivity index (χ0v) is 10.8. The lowest BCUT2D eigenvalue weighted by molar-refractivity contribution is 0.665. The SMILES string of the molecule is C=CN=Cc1cc(C(C)CCC)ccc1C=C. The number of nitrogens with zero attached hydrogens (tertiary/aromatic N) is 1. The van der Waals surface area contributed by atoms with E-state index >= 15 is 0 Å². The zero-order chi connectivity index (χ0) is 12.7. The fraction of sp³-hybridized carbons (Fsp3) is 0.312. The fourth-order valence-corrected chi connectivity index (χ4v) is 1.93. The Kier molecular flexibility index (Phi) is 5.41. The van der Waals surface area contributed by atoms with Crippen molar-refractivity contribution in [2.45, 2.75) is 32.6 Å². The molecule has 0 amide bonds. The first-order valence-electron chi connectivity index (χ1n) is 6.13. The van der Waals surface area contributed by atoms with Crippen molar-refractivity contribution in [3.05, 3.63) is 54.2 Å². The Morgan fingerprint density at radius 3 is 2.65 bits per heavy atom. The Bertz CT molecular complexity index is 416. The molecule has 0 aliphatic heterocycles. The summed E-state index contributed by atoms with van der Waals surface area (Å²) in [6, 6.07) is 6.49. The predicted octanol–water partition coefficient (Wildman–Crippen LogP) is 4.80. The number of aliphatic imine (C=N–C) groups is 1. The van der Waals surface area contributed by atoms with E-state index in [-0.39, 0.29) is 0 Å². The van der Waals surface area contributed by atoms with Crippen LogP contribution in [0.4, 0.5) is 0 Å². The minimum atomic E-state index is 0.592. The largest absolute Gasteiger partial charge is 0.265 e. The smallest absolute Gasteiger partial charge is 0.0346 e. The molecule has 0 heterocycles. The highest BCUT2D eigenvalue weighted by Gasteiger charge is 2.06. The van der Waals surface area contributed by atoms with Gasteiger partial charge in [0, 0.05) is 18.0 Å². The first-order valence-corrected chi connectivity index (χ1v) is 6.13. The van der Waals surface area contributed by atoms with Gasteiger partial charge in [0.05, 0.1) is 0 Å². The summed E-state index contributed by atoms with van der Waals surface area (Å²) in [7, 11) is 0. The topological polar surface area (TPSA) is 12.4 Å². The molecule has 0 aliphatic rings. The molecular weight excluding hydrogens is 206 g/mol. The van der Waals surface area contributed by atoms with Crippen LogP contribution in [-0.2, 0) is 0 Å². The van der Waals surface area contributed by atoms with Crippen molar-refractivity contribution in [3.8, 4) is 0 Å². The molecule has 1 atom stereocenters. The minimum absolute atomic E-state index is 0.592. The van der Waals surface area contributed by atoms with Crippen LogP contribution in [0.5, 0.6) is 0 Å². The average Bonchev–Trinajstić information content (AvgIpc) is 2.36. The van der Waals surface area contributed by atoms with Crippen LogP contribution in [0.25, 0.3) is 6.08 Å². The van der Waals surface area contributed by atoms with Gasteiger partial charge < -0.3 is 0 Å². The molecule has 1 aromatic rings. The van der Waals surface area contributed by atoms with E-state index in [1.54, 1.807) is 6.20 Å². The van der Waals surface area contributed by atoms with Crippen molar-refractivity contribution in [1.29, 1.82) is 0 Å². The monoisotopic (exact) mass is 227 g/mol. The predicted molar refractivity (Wildman–Crippen MR) is 77.6 cm³/mol. The molecule has 1 rings (SSSR count). The fourth-order valence-electron chi connectivity index (χ4n) is 1.93. The van der Waals surface area contributed by atoms with E-state index in [9.17, 15) is 0 Å². The van der Waals surface area contributed by atoms with E-state index in [2.05, 4.69) is 50.2 Å². The molecule has 0 radical (unpaired) electrons. The van der Waals surface area contributed by atoms with Gasteiger partial charge in [0.2, 0.25) is 0 Å². The van der Waals surface area contributed by atoms with Crippen molar-refractivity contribution >= 4 is 12.3 Å². The van der Waals surface area contributed by atoms with Gasteiger partial charge in [0.1, 0.15) is 0 Å². The van der Waals surface area contributed by atoms with Gasteiger partial charge in [-0.15, -0.1) is 0 Å². The van der Waals surface area contributed by atoms with Gasteiger partial charge in [0.25, 0.3) is 0 Å². The van der Waals surface area contributed by atoms with Gasteiger partial charge in [-0.3, -0.25) is 4.99 Å². The highest BCUT2D eigenvalue weighted by atomic mass is 14.7. The van der Waals surface area contributed by atoms with Crippen LogP contribution in [0, 0.1) is 0 Å². The Morgan fingerprint density at radius 2 is 2.06 bits per heavy atom. The molecule has 17 heavy (non-hydrogen) atoms. The highest BCUT2D eigenvalue weighted by molar-refractivity contribution is 5.86. The van der Waals surface area contributed by atoms with Crippen LogP contribution in [0.15, 0.2) is 42.5 Å². The summed E-state index contributed by atoms with van der Waals surface area (Å²) in [5.41, 5.74) is 3.59. The molecule has 0 N–H and O–H groups in total. The Balaban J connectivity index is 3.07. The summed E-state index contributed by atoms with van der Waals surface area (Å²) in [6.07, 6.45) is 7.67. The third-order valence-corrected chi connectivity index (χ3v) is 2.94. The van der Waals surface area contributed by atoms with Gasteiger partial charge in [-0.25, -0.2) is 0 Å². The van der Waals surface area contributed by atoms with E-state index in [4.69, 9.17) is 0 Å². The van der Waals surface area contributed by atoms with E-state index < -0.39 is 0 Å². The molecule has 1 nitrogen and oxygen atoms in total. The van der Waals surface area contributed by atoms with E-state index in [0.717, 1.165) is 11.1 Å². The average molecular weight is 227 g/mol. The number of hydrogen-bond acceptors (Lipinski definition) is 1. The molecule has 90 valence electrons. The second-order valence-corrected chi connectivity index (χ2v) is 4.24. The van der Waals surface area contributed by atoms with Gasteiger partial charge in [0.15, 0.2) is 0 Å². The number of hydrogen-bond donors (Lipinski definition) is 0. The van der Waals surface area contributed by atoms with Crippen LogP contribution < -0.4 is 0 Å². The Morgan fingerprint density at radius 1 is 1.29 bits per heavy atom. The van der Waals surface area contributed by atoms with E-state index in [1.807, 2.05) is 12.3 Å². The first-order chi connectivity index (χ1) is 8.22. The van der Waals surface area contributed by atoms with E-state index in [1.165, 1.54) is 18.4 Å². The molecule has 0 aromatic heterocycles. The highest BCUT2D eigenvalue weighted by Crippen LogP contribution is 2.23. The summed E-state index contributed by atoms with van der Waals surface area (Å²) >= 11 is 0. The standard InChI is InChI=1S/C16H21N/c1-5-8-13(4)15-10-9-14(6-2)16(11-15)12-17-7-3/h6-7,9-13H,2-3,5,8H2,1,4H3. The van der Waals surface area contributed by atoms with Crippen LogP contribution in [0.3, 0.4) is 0 Å². The van der Waals surface area contributed by atoms with Crippen LogP contribution in [0.2, 0.25) is 0 Å². The van der Waals surface area contributed by atoms with Crippen molar-refractivity contribution < 1.29 is 0 Å². The maximum absolute atomic E-state index is 4.09. The Labute approximate surface area is 105 Å². The summed E-state index contributed by atoms with van der Waals surface area (Å²) in [5.74, 6) is 0.592. The molecule has 1 unspecified atom stereocenters. The Hall–Kier alpha value is -1.63. The third-order valence-electron chi connectivity index (χ3n) is 2.94. The zero-order valence-electron chi connectivity index (χ0n) is 10.8. The number of benzene rings is 1. The normalized spacial score (nSPS) is 12.6. The molecule has 0 aliphatic carbocycles. The summed E-state index contributed by atoms with van der Waals surface area (Å²) in [6.45, 7) is 11.9. The van der Waals surface area contributed by atoms with Gasteiger partial charge in [-0.1, -0.05) is 51.6 Å². The first kappa shape index (κ1) is 13.4. The van der Waals surface area contributed by atoms with Gasteiger partial charge in [-0.05, 0) is 29.5 Å². The molecule has 0 saturated carbocycles. The second kappa shape index (κ2) is 6.85. The van der Waals surface area contributed by atoms with Crippen LogP contribution >= 0.6 is 0 Å². The van der Waals surface area contributed by atoms with E-state index in [0.29, 0.717) is 5.92 Å². The van der Waals surface area contributed by atoms with Gasteiger partial charge in [-0.2, -0.15) is 0 Å². The van der Waals surface area contributed by atoms with Crippen LogP contribution in [0.1, 0.15) is 49.3 Å². The lowest BCUT2D eigenvalue weighted by Crippen LogP contribution is -1.96. The third kappa shape index (κ3) is 3.70. The molecule has 1 aromatic carbocycles.